The molecule has 0 radical (unpaired) electrons. The first kappa shape index (κ1) is 28.7. The number of carbonyl (C=O) groups is 3. The molecule has 0 aliphatic carbocycles. The summed E-state index contributed by atoms with van der Waals surface area (Å²) < 4.78 is 12.3. The second-order valence-electron chi connectivity index (χ2n) is 11.0. The van der Waals surface area contributed by atoms with E-state index in [2.05, 4.69) is 51.0 Å². The summed E-state index contributed by atoms with van der Waals surface area (Å²) in [7, 11) is -1.99. The van der Waals surface area contributed by atoms with Crippen LogP contribution >= 0.6 is 11.8 Å². The van der Waals surface area contributed by atoms with E-state index in [0.29, 0.717) is 17.7 Å². The molecule has 2 aromatic carbocycles. The number of thioether (sulfide) groups is 1. The lowest BCUT2D eigenvalue weighted by molar-refractivity contribution is -0.154. The molecule has 2 aliphatic rings. The van der Waals surface area contributed by atoms with Gasteiger partial charge in [-0.25, -0.2) is 4.79 Å². The minimum atomic E-state index is -1.99. The third kappa shape index (κ3) is 6.14. The van der Waals surface area contributed by atoms with Gasteiger partial charge in [-0.15, -0.1) is 11.8 Å². The van der Waals surface area contributed by atoms with E-state index in [1.54, 1.807) is 0 Å². The van der Waals surface area contributed by atoms with Gasteiger partial charge in [-0.05, 0) is 29.3 Å². The van der Waals surface area contributed by atoms with Crippen molar-refractivity contribution >= 4 is 38.4 Å². The molecule has 2 amide bonds. The molecule has 2 heterocycles. The molecule has 2 atom stereocenters. The number of carbonyl (C=O) groups excluding carboxylic acids is 3. The van der Waals surface area contributed by atoms with Crippen LogP contribution in [-0.4, -0.2) is 55.3 Å². The summed E-state index contributed by atoms with van der Waals surface area (Å²) in [4.78, 5) is 39.3. The molecule has 7 nitrogen and oxygen atoms in total. The van der Waals surface area contributed by atoms with Crippen LogP contribution in [0.1, 0.15) is 38.0 Å². The van der Waals surface area contributed by atoms with Crippen molar-refractivity contribution < 1.29 is 23.5 Å². The fraction of sp³-hybridized carbons (Fsp3) is 0.367. The van der Waals surface area contributed by atoms with Gasteiger partial charge in [-0.3, -0.25) is 14.5 Å². The standard InChI is InChI=1S/C30H34N2O5SSi/c1-30(2,3)39(4,5)36-18-12-17-23-19-38-28-24(31-20-33)27(34)32(28)25(23)29(35)37-26(21-13-8-6-9-14-21)22-15-10-7-11-16-22/h6-11,13-16,20,24,26,28H,18-19H2,1-5H3,(H,31,33)/t24-,28-/m1/s1. The van der Waals surface area contributed by atoms with Crippen molar-refractivity contribution in [2.45, 2.75) is 56.4 Å². The van der Waals surface area contributed by atoms with Gasteiger partial charge in [0, 0.05) is 11.3 Å². The van der Waals surface area contributed by atoms with E-state index in [9.17, 15) is 14.4 Å². The Bertz CT molecular complexity index is 1270. The van der Waals surface area contributed by atoms with Gasteiger partial charge in [0.25, 0.3) is 5.91 Å². The summed E-state index contributed by atoms with van der Waals surface area (Å²) in [6.07, 6.45) is -0.159. The molecule has 1 N–H and O–H groups in total. The molecule has 0 saturated carbocycles. The van der Waals surface area contributed by atoms with Crippen LogP contribution in [-0.2, 0) is 23.5 Å². The van der Waals surface area contributed by atoms with E-state index in [1.165, 1.54) is 16.7 Å². The molecule has 0 aromatic heterocycles. The quantitative estimate of drug-likeness (QED) is 0.166. The average molecular weight is 563 g/mol. The van der Waals surface area contributed by atoms with Gasteiger partial charge in [0.15, 0.2) is 14.4 Å². The van der Waals surface area contributed by atoms with Gasteiger partial charge in [-0.1, -0.05) is 93.3 Å². The Hall–Kier alpha value is -3.32. The molecule has 1 saturated heterocycles. The fourth-order valence-electron chi connectivity index (χ4n) is 4.12. The third-order valence-corrected chi connectivity index (χ3v) is 13.1. The number of hydrogen-bond acceptors (Lipinski definition) is 6. The number of amides is 2. The lowest BCUT2D eigenvalue weighted by Gasteiger charge is -2.48. The second kappa shape index (κ2) is 11.8. The molecular formula is C30H34N2O5SSi. The molecule has 2 aromatic rings. The summed E-state index contributed by atoms with van der Waals surface area (Å²) in [5.41, 5.74) is 2.26. The maximum atomic E-state index is 13.8. The summed E-state index contributed by atoms with van der Waals surface area (Å²) in [5, 5.41) is 2.21. The van der Waals surface area contributed by atoms with Gasteiger partial charge in [-0.2, -0.15) is 0 Å². The number of benzene rings is 2. The predicted octanol–water partition coefficient (Wildman–Crippen LogP) is 4.63. The van der Waals surface area contributed by atoms with Crippen LogP contribution in [0.4, 0.5) is 0 Å². The summed E-state index contributed by atoms with van der Waals surface area (Å²) >= 11 is 1.46. The molecule has 0 unspecified atom stereocenters. The predicted molar refractivity (Wildman–Crippen MR) is 155 cm³/mol. The maximum Gasteiger partial charge on any atom is 0.357 e. The molecule has 2 aliphatic heterocycles. The highest BCUT2D eigenvalue weighted by Gasteiger charge is 2.54. The zero-order valence-electron chi connectivity index (χ0n) is 22.9. The van der Waals surface area contributed by atoms with Crippen LogP contribution in [0.5, 0.6) is 0 Å². The summed E-state index contributed by atoms with van der Waals surface area (Å²) in [6.45, 7) is 11.0. The van der Waals surface area contributed by atoms with Gasteiger partial charge >= 0.3 is 5.97 Å². The number of β-lactam (4-membered cyclic amide) rings is 1. The molecule has 0 bridgehead atoms. The lowest BCUT2D eigenvalue weighted by atomic mass is 10.0. The van der Waals surface area contributed by atoms with Crippen LogP contribution in [0.25, 0.3) is 0 Å². The Kier molecular flexibility index (Phi) is 8.69. The van der Waals surface area contributed by atoms with Gasteiger partial charge < -0.3 is 14.5 Å². The van der Waals surface area contributed by atoms with Crippen LogP contribution in [0.15, 0.2) is 71.9 Å². The van der Waals surface area contributed by atoms with Gasteiger partial charge in [0.2, 0.25) is 6.41 Å². The molecule has 39 heavy (non-hydrogen) atoms. The third-order valence-electron chi connectivity index (χ3n) is 7.39. The number of rotatable bonds is 8. The molecule has 4 rings (SSSR count). The normalized spacial score (nSPS) is 19.0. The van der Waals surface area contributed by atoms with Crippen LogP contribution in [0.2, 0.25) is 18.1 Å². The first-order valence-electron chi connectivity index (χ1n) is 12.9. The highest BCUT2D eigenvalue weighted by Crippen LogP contribution is 2.41. The number of nitrogens with one attached hydrogen (secondary N) is 1. The van der Waals surface area contributed by atoms with E-state index in [0.717, 1.165) is 11.1 Å². The van der Waals surface area contributed by atoms with Crippen LogP contribution in [0.3, 0.4) is 0 Å². The van der Waals surface area contributed by atoms with Crippen molar-refractivity contribution in [2.24, 2.45) is 0 Å². The van der Waals surface area contributed by atoms with Crippen molar-refractivity contribution in [3.05, 3.63) is 83.1 Å². The number of esters is 1. The minimum Gasteiger partial charge on any atom is -0.448 e. The van der Waals surface area contributed by atoms with Crippen LogP contribution < -0.4 is 5.32 Å². The number of hydrogen-bond donors (Lipinski definition) is 1. The fourth-order valence-corrected chi connectivity index (χ4v) is 6.28. The van der Waals surface area contributed by atoms with Gasteiger partial charge in [0.05, 0.1) is 6.61 Å². The van der Waals surface area contributed by atoms with E-state index in [1.807, 2.05) is 60.7 Å². The van der Waals surface area contributed by atoms with Crippen LogP contribution in [0, 0.1) is 11.8 Å². The average Bonchev–Trinajstić information content (AvgIpc) is 2.92. The summed E-state index contributed by atoms with van der Waals surface area (Å²) in [5.74, 6) is 5.58. The number of nitrogens with zero attached hydrogens (tertiary/aromatic N) is 1. The molecule has 204 valence electrons. The SMILES string of the molecule is CC(C)(C)[Si](C)(C)OCC#CC1=C(C(=O)OC(c2ccccc2)c2ccccc2)N2C(=O)[C@@H](NC=O)[C@H]2SC1. The summed E-state index contributed by atoms with van der Waals surface area (Å²) in [6, 6.07) is 18.3. The van der Waals surface area contributed by atoms with E-state index in [4.69, 9.17) is 9.16 Å². The Morgan fingerprint density at radius 1 is 1.13 bits per heavy atom. The van der Waals surface area contributed by atoms with E-state index < -0.39 is 31.8 Å². The second-order valence-corrected chi connectivity index (χ2v) is 16.9. The molecule has 1 fully saturated rings. The zero-order chi connectivity index (χ0) is 28.2. The molecular weight excluding hydrogens is 528 g/mol. The maximum absolute atomic E-state index is 13.8. The smallest absolute Gasteiger partial charge is 0.357 e. The van der Waals surface area contributed by atoms with Crippen molar-refractivity contribution in [3.63, 3.8) is 0 Å². The first-order chi connectivity index (χ1) is 18.5. The topological polar surface area (TPSA) is 84.9 Å². The molecule has 0 spiro atoms. The number of fused-ring (bicyclic) bond motifs is 1. The lowest BCUT2D eigenvalue weighted by Crippen LogP contribution is -2.69. The highest BCUT2D eigenvalue weighted by atomic mass is 32.2. The zero-order valence-corrected chi connectivity index (χ0v) is 24.7. The Labute approximate surface area is 235 Å². The highest BCUT2D eigenvalue weighted by molar-refractivity contribution is 8.00. The van der Waals surface area contributed by atoms with E-state index in [-0.39, 0.29) is 23.2 Å². The molecule has 9 heteroatoms. The van der Waals surface area contributed by atoms with Crippen molar-refractivity contribution in [1.82, 2.24) is 10.2 Å². The van der Waals surface area contributed by atoms with Gasteiger partial charge in [0.1, 0.15) is 17.1 Å². The Morgan fingerprint density at radius 2 is 1.72 bits per heavy atom. The van der Waals surface area contributed by atoms with E-state index >= 15 is 0 Å². The number of ether oxygens (including phenoxy) is 1. The Morgan fingerprint density at radius 3 is 2.26 bits per heavy atom. The first-order valence-corrected chi connectivity index (χ1v) is 16.8. The largest absolute Gasteiger partial charge is 0.448 e. The van der Waals surface area contributed by atoms with Crippen molar-refractivity contribution in [2.75, 3.05) is 12.4 Å². The van der Waals surface area contributed by atoms with Crippen molar-refractivity contribution in [3.8, 4) is 11.8 Å². The Balaban J connectivity index is 1.66. The minimum absolute atomic E-state index is 0.0470. The monoisotopic (exact) mass is 562 g/mol. The van der Waals surface area contributed by atoms with Crippen molar-refractivity contribution in [1.29, 1.82) is 0 Å².